The topological polar surface area (TPSA) is 185 Å². The Morgan fingerprint density at radius 2 is 1.81 bits per heavy atom. The standard InChI is InChI=1S/C19H19N5O7.Na.H/c20-15(25)8-1-3-11(4-2-8)22-19(30)23-6-9-5-10(7-31-18(21)29)13(17(27)28)24-12(9)14(23)16(24)26;;/h1-4,9,12,14H,5-7H2,(H2,20,25)(H2,21,29)(H,22,30)(H,27,28);;/t9-,12-,14+;;/m1../s1. The molecule has 5 amide bonds. The quantitative estimate of drug-likeness (QED) is 0.326. The molecular weight excluding hydrogens is 433 g/mol. The number of amides is 5. The van der Waals surface area contributed by atoms with Gasteiger partial charge in [-0.1, -0.05) is 0 Å². The number of primary amides is 2. The number of carbonyl (C=O) groups is 5. The van der Waals surface area contributed by atoms with Gasteiger partial charge >= 0.3 is 47.7 Å². The number of anilines is 1. The van der Waals surface area contributed by atoms with Crippen molar-refractivity contribution in [2.45, 2.75) is 18.5 Å². The number of benzene rings is 1. The molecule has 0 unspecified atom stereocenters. The fraction of sp³-hybridized carbons (Fsp3) is 0.316. The van der Waals surface area contributed by atoms with Gasteiger partial charge in [-0.25, -0.2) is 14.4 Å². The molecule has 1 aromatic carbocycles. The third-order valence-corrected chi connectivity index (χ3v) is 5.72. The summed E-state index contributed by atoms with van der Waals surface area (Å²) < 4.78 is 4.74. The number of nitrogens with one attached hydrogen (secondary N) is 1. The van der Waals surface area contributed by atoms with Crippen LogP contribution >= 0.6 is 0 Å². The van der Waals surface area contributed by atoms with Gasteiger partial charge in [-0.3, -0.25) is 14.5 Å². The zero-order valence-corrected chi connectivity index (χ0v) is 16.1. The fourth-order valence-electron chi connectivity index (χ4n) is 4.45. The number of aliphatic carboxylic acids is 1. The van der Waals surface area contributed by atoms with Crippen molar-refractivity contribution in [2.24, 2.45) is 17.4 Å². The number of carboxylic acid groups (broad SMARTS) is 1. The Bertz CT molecular complexity index is 1040. The minimum absolute atomic E-state index is 0. The monoisotopic (exact) mass is 453 g/mol. The van der Waals surface area contributed by atoms with Gasteiger partial charge in [0.05, 0.1) is 6.04 Å². The number of rotatable bonds is 5. The zero-order chi connectivity index (χ0) is 22.4. The van der Waals surface area contributed by atoms with E-state index in [0.29, 0.717) is 5.69 Å². The molecule has 0 spiro atoms. The average molecular weight is 453 g/mol. The summed E-state index contributed by atoms with van der Waals surface area (Å²) in [6.45, 7) is -0.122. The number of likely N-dealkylation sites (tertiary alicyclic amines) is 1. The Morgan fingerprint density at radius 1 is 1.16 bits per heavy atom. The van der Waals surface area contributed by atoms with Gasteiger partial charge in [-0.15, -0.1) is 0 Å². The molecule has 0 bridgehead atoms. The number of ether oxygens (including phenoxy) is 1. The summed E-state index contributed by atoms with van der Waals surface area (Å²) in [5.41, 5.74) is 10.9. The van der Waals surface area contributed by atoms with Gasteiger partial charge in [0, 0.05) is 23.7 Å². The molecule has 164 valence electrons. The van der Waals surface area contributed by atoms with E-state index in [1.54, 1.807) is 0 Å². The molecule has 0 aliphatic carbocycles. The van der Waals surface area contributed by atoms with Crippen molar-refractivity contribution >= 4 is 65.2 Å². The van der Waals surface area contributed by atoms with E-state index in [1.165, 1.54) is 29.2 Å². The first-order valence-electron chi connectivity index (χ1n) is 9.37. The first-order valence-corrected chi connectivity index (χ1v) is 9.37. The predicted molar refractivity (Wildman–Crippen MR) is 111 cm³/mol. The number of carbonyl (C=O) groups excluding carboxylic acids is 4. The van der Waals surface area contributed by atoms with E-state index in [0.717, 1.165) is 4.90 Å². The van der Waals surface area contributed by atoms with Crippen LogP contribution in [0.1, 0.15) is 16.8 Å². The van der Waals surface area contributed by atoms with Gasteiger partial charge in [0.2, 0.25) is 5.91 Å². The Hall–Kier alpha value is -3.09. The molecular formula is C19H20N5NaO7. The van der Waals surface area contributed by atoms with Crippen LogP contribution in [0.15, 0.2) is 35.5 Å². The summed E-state index contributed by atoms with van der Waals surface area (Å²) in [5.74, 6) is -2.63. The van der Waals surface area contributed by atoms with Crippen LogP contribution in [-0.4, -0.2) is 99.6 Å². The van der Waals surface area contributed by atoms with E-state index in [2.05, 4.69) is 5.32 Å². The van der Waals surface area contributed by atoms with Crippen molar-refractivity contribution in [3.05, 3.63) is 41.1 Å². The van der Waals surface area contributed by atoms with Crippen LogP contribution in [-0.2, 0) is 14.3 Å². The normalized spacial score (nSPS) is 23.0. The molecule has 0 radical (unpaired) electrons. The first kappa shape index (κ1) is 23.6. The number of β-lactam (4-membered cyclic amide) rings is 1. The molecule has 0 saturated carbocycles. The fourth-order valence-corrected chi connectivity index (χ4v) is 4.45. The van der Waals surface area contributed by atoms with E-state index >= 15 is 0 Å². The summed E-state index contributed by atoms with van der Waals surface area (Å²) in [4.78, 5) is 62.0. The van der Waals surface area contributed by atoms with Gasteiger partial charge in [0.1, 0.15) is 18.3 Å². The van der Waals surface area contributed by atoms with Crippen LogP contribution in [0.2, 0.25) is 0 Å². The van der Waals surface area contributed by atoms with E-state index in [1.807, 2.05) is 0 Å². The van der Waals surface area contributed by atoms with Crippen LogP contribution < -0.4 is 16.8 Å². The maximum absolute atomic E-state index is 12.8. The summed E-state index contributed by atoms with van der Waals surface area (Å²) >= 11 is 0. The van der Waals surface area contributed by atoms with Gasteiger partial charge in [0.25, 0.3) is 5.91 Å². The molecule has 4 rings (SSSR count). The van der Waals surface area contributed by atoms with Gasteiger partial charge in [-0.05, 0) is 36.3 Å². The Labute approximate surface area is 203 Å². The predicted octanol–water partition coefficient (Wildman–Crippen LogP) is -0.982. The molecule has 6 N–H and O–H groups in total. The molecule has 2 fully saturated rings. The van der Waals surface area contributed by atoms with Crippen LogP contribution in [0.25, 0.3) is 0 Å². The number of nitrogens with two attached hydrogens (primary N) is 2. The van der Waals surface area contributed by atoms with Gasteiger partial charge in [0.15, 0.2) is 0 Å². The second-order valence-electron chi connectivity index (χ2n) is 7.50. The molecule has 32 heavy (non-hydrogen) atoms. The molecule has 3 atom stereocenters. The third-order valence-electron chi connectivity index (χ3n) is 5.72. The molecule has 3 aliphatic heterocycles. The molecule has 12 nitrogen and oxygen atoms in total. The van der Waals surface area contributed by atoms with E-state index in [-0.39, 0.29) is 71.9 Å². The van der Waals surface area contributed by atoms with Crippen molar-refractivity contribution in [1.82, 2.24) is 9.80 Å². The van der Waals surface area contributed by atoms with Crippen molar-refractivity contribution in [2.75, 3.05) is 18.5 Å². The second-order valence-corrected chi connectivity index (χ2v) is 7.50. The van der Waals surface area contributed by atoms with Crippen molar-refractivity contribution in [1.29, 1.82) is 0 Å². The van der Waals surface area contributed by atoms with Gasteiger partial charge < -0.3 is 31.5 Å². The van der Waals surface area contributed by atoms with Crippen molar-refractivity contribution in [3.8, 4) is 0 Å². The SMILES string of the molecule is NC(=O)OCC1=C(C(=O)O)N2C(=O)[C@@H]3[C@H]2[C@H](C1)CN3C(=O)Nc1ccc(C(N)=O)cc1.[NaH]. The molecule has 13 heteroatoms. The Kier molecular flexibility index (Phi) is 6.49. The number of nitrogens with zero attached hydrogens (tertiary/aromatic N) is 2. The number of carboxylic acids is 1. The van der Waals surface area contributed by atoms with Gasteiger partial charge in [-0.2, -0.15) is 0 Å². The number of hydrogen-bond acceptors (Lipinski definition) is 6. The Balaban J connectivity index is 0.00000289. The Morgan fingerprint density at radius 3 is 2.38 bits per heavy atom. The van der Waals surface area contributed by atoms with E-state index in [4.69, 9.17) is 16.2 Å². The number of hydrogen-bond donors (Lipinski definition) is 4. The first-order chi connectivity index (χ1) is 14.7. The summed E-state index contributed by atoms with van der Waals surface area (Å²) in [6.07, 6.45) is -0.807. The minimum atomic E-state index is -1.31. The summed E-state index contributed by atoms with van der Waals surface area (Å²) in [5, 5.41) is 12.3. The molecule has 3 heterocycles. The van der Waals surface area contributed by atoms with E-state index in [9.17, 15) is 29.1 Å². The summed E-state index contributed by atoms with van der Waals surface area (Å²) in [6, 6.07) is 4.20. The molecule has 0 aromatic heterocycles. The van der Waals surface area contributed by atoms with Crippen LogP contribution in [0.5, 0.6) is 0 Å². The third kappa shape index (κ3) is 3.92. The molecule has 1 aromatic rings. The van der Waals surface area contributed by atoms with Crippen molar-refractivity contribution in [3.63, 3.8) is 0 Å². The van der Waals surface area contributed by atoms with E-state index < -0.39 is 42.0 Å². The molecule has 2 saturated heterocycles. The zero-order valence-electron chi connectivity index (χ0n) is 16.1. The number of urea groups is 1. The molecule has 3 aliphatic rings. The summed E-state index contributed by atoms with van der Waals surface area (Å²) in [7, 11) is 0. The van der Waals surface area contributed by atoms with Crippen LogP contribution in [0.3, 0.4) is 0 Å². The van der Waals surface area contributed by atoms with Crippen LogP contribution in [0, 0.1) is 5.92 Å². The average Bonchev–Trinajstić information content (AvgIpc) is 3.08. The van der Waals surface area contributed by atoms with Crippen LogP contribution in [0.4, 0.5) is 15.3 Å². The second kappa shape index (κ2) is 8.81. The maximum atomic E-state index is 12.8. The van der Waals surface area contributed by atoms with Crippen molar-refractivity contribution < 1.29 is 33.8 Å².